The molecule has 0 aliphatic rings. The van der Waals surface area contributed by atoms with Crippen molar-refractivity contribution < 1.29 is 23.8 Å². The summed E-state index contributed by atoms with van der Waals surface area (Å²) in [6, 6.07) is 4.50. The van der Waals surface area contributed by atoms with Crippen molar-refractivity contribution in [2.24, 2.45) is 0 Å². The van der Waals surface area contributed by atoms with E-state index in [1.807, 2.05) is 0 Å². The highest BCUT2D eigenvalue weighted by molar-refractivity contribution is 7.99. The molecule has 1 N–H and O–H groups in total. The van der Waals surface area contributed by atoms with E-state index in [1.54, 1.807) is 16.7 Å². The number of halogens is 1. The lowest BCUT2D eigenvalue weighted by molar-refractivity contribution is -0.141. The summed E-state index contributed by atoms with van der Waals surface area (Å²) in [5.74, 6) is -2.07. The van der Waals surface area contributed by atoms with Crippen LogP contribution in [0.25, 0.3) is 11.0 Å². The fourth-order valence-electron chi connectivity index (χ4n) is 1.85. The Morgan fingerprint density at radius 2 is 2.24 bits per heavy atom. The van der Waals surface area contributed by atoms with E-state index in [9.17, 15) is 14.0 Å². The fourth-order valence-corrected chi connectivity index (χ4v) is 2.60. The standard InChI is InChI=1S/C13H13FN2O4S/c1-20-11(19)5-6-16-9-4-2-3-8(14)12(9)15-13(16)21-7-10(17)18/h2-4H,5-7H2,1H3,(H,17,18). The number of aryl methyl sites for hydroxylation is 1. The average molecular weight is 312 g/mol. The molecule has 0 aliphatic heterocycles. The van der Waals surface area contributed by atoms with Crippen LogP contribution in [-0.4, -0.2) is 39.5 Å². The molecule has 0 saturated carbocycles. The molecule has 8 heteroatoms. The van der Waals surface area contributed by atoms with E-state index in [4.69, 9.17) is 5.11 Å². The van der Waals surface area contributed by atoms with Gasteiger partial charge in [0.05, 0.1) is 24.8 Å². The zero-order valence-electron chi connectivity index (χ0n) is 11.2. The van der Waals surface area contributed by atoms with Gasteiger partial charge in [-0.15, -0.1) is 0 Å². The van der Waals surface area contributed by atoms with Gasteiger partial charge in [-0.3, -0.25) is 9.59 Å². The number of carbonyl (C=O) groups excluding carboxylic acids is 1. The minimum Gasteiger partial charge on any atom is -0.481 e. The summed E-state index contributed by atoms with van der Waals surface area (Å²) < 4.78 is 20.0. The van der Waals surface area contributed by atoms with Gasteiger partial charge in [0.25, 0.3) is 0 Å². The van der Waals surface area contributed by atoms with Crippen LogP contribution in [0, 0.1) is 5.82 Å². The number of para-hydroxylation sites is 1. The predicted molar refractivity (Wildman–Crippen MR) is 74.7 cm³/mol. The SMILES string of the molecule is COC(=O)CCn1c(SCC(=O)O)nc2c(F)cccc21. The maximum Gasteiger partial charge on any atom is 0.313 e. The Hall–Kier alpha value is -2.09. The molecule has 21 heavy (non-hydrogen) atoms. The van der Waals surface area contributed by atoms with Crippen molar-refractivity contribution in [2.75, 3.05) is 12.9 Å². The lowest BCUT2D eigenvalue weighted by Gasteiger charge is -2.07. The van der Waals surface area contributed by atoms with Crippen LogP contribution in [-0.2, 0) is 20.9 Å². The molecular weight excluding hydrogens is 299 g/mol. The van der Waals surface area contributed by atoms with Crippen LogP contribution in [0.15, 0.2) is 23.4 Å². The summed E-state index contributed by atoms with van der Waals surface area (Å²) in [6.45, 7) is 0.245. The highest BCUT2D eigenvalue weighted by atomic mass is 32.2. The van der Waals surface area contributed by atoms with Gasteiger partial charge in [-0.25, -0.2) is 9.37 Å². The fraction of sp³-hybridized carbons (Fsp3) is 0.308. The monoisotopic (exact) mass is 312 g/mol. The molecule has 2 aromatic rings. The second kappa shape index (κ2) is 6.57. The summed E-state index contributed by atoms with van der Waals surface area (Å²) in [5, 5.41) is 9.11. The zero-order valence-corrected chi connectivity index (χ0v) is 12.0. The molecule has 0 atom stereocenters. The van der Waals surface area contributed by atoms with Gasteiger partial charge in [-0.1, -0.05) is 17.8 Å². The third kappa shape index (κ3) is 3.52. The molecule has 1 heterocycles. The molecule has 0 radical (unpaired) electrons. The number of thioether (sulfide) groups is 1. The van der Waals surface area contributed by atoms with Crippen LogP contribution >= 0.6 is 11.8 Å². The lowest BCUT2D eigenvalue weighted by Crippen LogP contribution is -2.08. The maximum atomic E-state index is 13.8. The smallest absolute Gasteiger partial charge is 0.313 e. The number of rotatable bonds is 6. The molecule has 0 fully saturated rings. The summed E-state index contributed by atoms with van der Waals surface area (Å²) in [6.07, 6.45) is 0.0963. The third-order valence-electron chi connectivity index (χ3n) is 2.79. The van der Waals surface area contributed by atoms with Gasteiger partial charge in [0.2, 0.25) is 0 Å². The van der Waals surface area contributed by atoms with Gasteiger partial charge < -0.3 is 14.4 Å². The van der Waals surface area contributed by atoms with Crippen LogP contribution < -0.4 is 0 Å². The topological polar surface area (TPSA) is 81.4 Å². The number of carboxylic acid groups (broad SMARTS) is 1. The molecule has 0 saturated heterocycles. The Morgan fingerprint density at radius 1 is 1.48 bits per heavy atom. The van der Waals surface area contributed by atoms with E-state index in [2.05, 4.69) is 9.72 Å². The van der Waals surface area contributed by atoms with Crippen molar-refractivity contribution >= 4 is 34.7 Å². The van der Waals surface area contributed by atoms with Crippen LogP contribution in [0.3, 0.4) is 0 Å². The first-order valence-corrected chi connectivity index (χ1v) is 7.07. The molecule has 112 valence electrons. The Labute approximate surface area is 123 Å². The number of aliphatic carboxylic acids is 1. The molecule has 0 bridgehead atoms. The number of carboxylic acids is 1. The Bertz CT molecular complexity index is 686. The summed E-state index contributed by atoms with van der Waals surface area (Å²) >= 11 is 0.982. The van der Waals surface area contributed by atoms with E-state index in [1.165, 1.54) is 13.2 Å². The van der Waals surface area contributed by atoms with Crippen molar-refractivity contribution in [3.8, 4) is 0 Å². The van der Waals surface area contributed by atoms with Gasteiger partial charge in [0, 0.05) is 6.54 Å². The summed E-state index contributed by atoms with van der Waals surface area (Å²) in [5.41, 5.74) is 0.682. The molecular formula is C13H13FN2O4S. The number of benzene rings is 1. The first kappa shape index (κ1) is 15.3. The normalized spacial score (nSPS) is 10.8. The highest BCUT2D eigenvalue weighted by Gasteiger charge is 2.16. The van der Waals surface area contributed by atoms with E-state index in [0.717, 1.165) is 11.8 Å². The second-order valence-corrected chi connectivity index (χ2v) is 5.10. The number of ether oxygens (including phenoxy) is 1. The van der Waals surface area contributed by atoms with Gasteiger partial charge in [0.1, 0.15) is 5.52 Å². The number of fused-ring (bicyclic) bond motifs is 1. The van der Waals surface area contributed by atoms with Gasteiger partial charge >= 0.3 is 11.9 Å². The molecule has 1 aromatic heterocycles. The molecule has 1 aromatic carbocycles. The first-order valence-electron chi connectivity index (χ1n) is 6.09. The third-order valence-corrected chi connectivity index (χ3v) is 3.75. The molecule has 0 amide bonds. The van der Waals surface area contributed by atoms with Crippen molar-refractivity contribution in [3.63, 3.8) is 0 Å². The minimum atomic E-state index is -0.993. The lowest BCUT2D eigenvalue weighted by atomic mass is 10.3. The quantitative estimate of drug-likeness (QED) is 0.648. The number of esters is 1. The minimum absolute atomic E-state index is 0.0963. The Kier molecular flexibility index (Phi) is 4.79. The number of nitrogens with zero attached hydrogens (tertiary/aromatic N) is 2. The van der Waals surface area contributed by atoms with Crippen LogP contribution in [0.2, 0.25) is 0 Å². The molecule has 0 unspecified atom stereocenters. The number of methoxy groups -OCH3 is 1. The summed E-state index contributed by atoms with van der Waals surface area (Å²) in [4.78, 5) is 26.1. The van der Waals surface area contributed by atoms with Gasteiger partial charge in [0.15, 0.2) is 11.0 Å². The highest BCUT2D eigenvalue weighted by Crippen LogP contribution is 2.26. The van der Waals surface area contributed by atoms with E-state index in [-0.39, 0.29) is 24.2 Å². The summed E-state index contributed by atoms with van der Waals surface area (Å²) in [7, 11) is 1.29. The van der Waals surface area contributed by atoms with E-state index in [0.29, 0.717) is 10.7 Å². The van der Waals surface area contributed by atoms with Crippen LogP contribution in [0.1, 0.15) is 6.42 Å². The number of hydrogen-bond acceptors (Lipinski definition) is 5. The first-order chi connectivity index (χ1) is 10.0. The zero-order chi connectivity index (χ0) is 15.4. The van der Waals surface area contributed by atoms with Crippen molar-refractivity contribution in [1.29, 1.82) is 0 Å². The van der Waals surface area contributed by atoms with Crippen molar-refractivity contribution in [2.45, 2.75) is 18.1 Å². The van der Waals surface area contributed by atoms with Gasteiger partial charge in [-0.2, -0.15) is 0 Å². The van der Waals surface area contributed by atoms with Gasteiger partial charge in [-0.05, 0) is 12.1 Å². The molecule has 0 spiro atoms. The van der Waals surface area contributed by atoms with E-state index >= 15 is 0 Å². The van der Waals surface area contributed by atoms with E-state index < -0.39 is 17.8 Å². The average Bonchev–Trinajstić information content (AvgIpc) is 2.82. The van der Waals surface area contributed by atoms with Crippen molar-refractivity contribution in [1.82, 2.24) is 9.55 Å². The number of hydrogen-bond donors (Lipinski definition) is 1. The molecule has 2 rings (SSSR count). The number of carbonyl (C=O) groups is 2. The second-order valence-electron chi connectivity index (χ2n) is 4.16. The Balaban J connectivity index is 2.37. The molecule has 0 aliphatic carbocycles. The largest absolute Gasteiger partial charge is 0.481 e. The van der Waals surface area contributed by atoms with Crippen molar-refractivity contribution in [3.05, 3.63) is 24.0 Å². The number of aromatic nitrogens is 2. The maximum absolute atomic E-state index is 13.8. The predicted octanol–water partition coefficient (Wildman–Crippen LogP) is 1.92. The Morgan fingerprint density at radius 3 is 2.90 bits per heavy atom. The van der Waals surface area contributed by atoms with Crippen LogP contribution in [0.5, 0.6) is 0 Å². The molecule has 6 nitrogen and oxygen atoms in total. The van der Waals surface area contributed by atoms with Crippen LogP contribution in [0.4, 0.5) is 4.39 Å². The number of imidazole rings is 1.